The van der Waals surface area contributed by atoms with Gasteiger partial charge in [-0.15, -0.1) is 0 Å². The second-order valence-electron chi connectivity index (χ2n) is 6.48. The van der Waals surface area contributed by atoms with E-state index in [1.165, 1.54) is 12.1 Å². The molecule has 4 rings (SSSR count). The first kappa shape index (κ1) is 18.5. The summed E-state index contributed by atoms with van der Waals surface area (Å²) in [5.41, 5.74) is 4.02. The third-order valence-corrected chi connectivity index (χ3v) is 4.91. The first-order chi connectivity index (χ1) is 13.3. The molecule has 1 saturated carbocycles. The van der Waals surface area contributed by atoms with Gasteiger partial charge < -0.3 is 10.3 Å². The second kappa shape index (κ2) is 6.62. The topological polar surface area (TPSA) is 99.8 Å². The lowest BCUT2D eigenvalue weighted by Gasteiger charge is -2.13. The molecule has 0 saturated heterocycles. The molecule has 2 heterocycles. The van der Waals surface area contributed by atoms with E-state index in [1.807, 2.05) is 0 Å². The lowest BCUT2D eigenvalue weighted by atomic mass is 9.94. The van der Waals surface area contributed by atoms with Crippen LogP contribution in [0.15, 0.2) is 28.8 Å². The number of primary amides is 1. The van der Waals surface area contributed by atoms with Gasteiger partial charge in [0.2, 0.25) is 5.91 Å². The van der Waals surface area contributed by atoms with Gasteiger partial charge in [0, 0.05) is 10.6 Å². The minimum absolute atomic E-state index is 0.0169. The Morgan fingerprint density at radius 3 is 2.75 bits per heavy atom. The number of benzene rings is 1. The Morgan fingerprint density at radius 2 is 2.14 bits per heavy atom. The molecule has 3 aromatic rings. The minimum atomic E-state index is -2.86. The molecule has 0 atom stereocenters. The molecule has 1 amide bonds. The van der Waals surface area contributed by atoms with E-state index in [0.717, 1.165) is 10.7 Å². The highest BCUT2D eigenvalue weighted by Gasteiger charge is 2.52. The van der Waals surface area contributed by atoms with E-state index in [9.17, 15) is 18.0 Å². The van der Waals surface area contributed by atoms with Crippen LogP contribution in [0.1, 0.15) is 36.3 Å². The van der Waals surface area contributed by atoms with Crippen LogP contribution in [0, 0.1) is 5.82 Å². The van der Waals surface area contributed by atoms with Crippen LogP contribution in [0.5, 0.6) is 0 Å². The van der Waals surface area contributed by atoms with Crippen molar-refractivity contribution in [2.45, 2.75) is 31.2 Å². The van der Waals surface area contributed by atoms with Gasteiger partial charge in [-0.25, -0.2) is 17.9 Å². The summed E-state index contributed by atoms with van der Waals surface area (Å²) in [5, 5.41) is 7.80. The number of carbonyl (C=O) groups is 1. The molecule has 1 fully saturated rings. The van der Waals surface area contributed by atoms with Crippen LogP contribution in [0.4, 0.5) is 13.2 Å². The number of aromatic nitrogens is 4. The Balaban J connectivity index is 1.76. The average molecular weight is 412 g/mol. The smallest absolute Gasteiger partial charge is 0.282 e. The Labute approximate surface area is 161 Å². The molecular weight excluding hydrogens is 399 g/mol. The Bertz CT molecular complexity index is 1040. The molecule has 0 spiro atoms. The van der Waals surface area contributed by atoms with E-state index >= 15 is 0 Å². The third kappa shape index (κ3) is 3.03. The van der Waals surface area contributed by atoms with Gasteiger partial charge in [0.15, 0.2) is 5.82 Å². The summed E-state index contributed by atoms with van der Waals surface area (Å²) in [6.07, 6.45) is -1.76. The zero-order valence-corrected chi connectivity index (χ0v) is 15.0. The predicted octanol–water partition coefficient (Wildman–Crippen LogP) is 3.23. The van der Waals surface area contributed by atoms with Gasteiger partial charge >= 0.3 is 0 Å². The Morgan fingerprint density at radius 1 is 1.39 bits per heavy atom. The van der Waals surface area contributed by atoms with Crippen LogP contribution in [0.3, 0.4) is 0 Å². The number of hydrogen-bond acceptors (Lipinski definition) is 5. The average Bonchev–Trinajstić information content (AvgIpc) is 3.07. The van der Waals surface area contributed by atoms with E-state index in [1.54, 1.807) is 6.07 Å². The molecule has 1 aliphatic carbocycles. The lowest BCUT2D eigenvalue weighted by Crippen LogP contribution is -2.20. The summed E-state index contributed by atoms with van der Waals surface area (Å²) < 4.78 is 46.6. The van der Waals surface area contributed by atoms with Crippen LogP contribution in [-0.4, -0.2) is 25.8 Å². The first-order valence-electron chi connectivity index (χ1n) is 8.25. The maximum absolute atomic E-state index is 14.4. The molecule has 2 aromatic heterocycles. The van der Waals surface area contributed by atoms with Crippen molar-refractivity contribution in [2.75, 3.05) is 0 Å². The van der Waals surface area contributed by atoms with Crippen molar-refractivity contribution in [3.8, 4) is 11.6 Å². The fourth-order valence-corrected chi connectivity index (χ4v) is 3.51. The quantitative estimate of drug-likeness (QED) is 0.671. The zero-order valence-electron chi connectivity index (χ0n) is 14.2. The largest absolute Gasteiger partial charge is 0.368 e. The summed E-state index contributed by atoms with van der Waals surface area (Å²) >= 11 is 6.17. The number of amides is 1. The third-order valence-electron chi connectivity index (χ3n) is 4.59. The molecular formula is C17H13ClF3N5O2. The fraction of sp³-hybridized carbons (Fsp3) is 0.294. The van der Waals surface area contributed by atoms with Crippen LogP contribution < -0.4 is 5.73 Å². The van der Waals surface area contributed by atoms with E-state index in [0.29, 0.717) is 12.8 Å². The van der Waals surface area contributed by atoms with Gasteiger partial charge in [-0.2, -0.15) is 10.1 Å². The number of alkyl halides is 2. The predicted molar refractivity (Wildman–Crippen MR) is 91.1 cm³/mol. The van der Waals surface area contributed by atoms with Crippen molar-refractivity contribution in [3.05, 3.63) is 52.2 Å². The van der Waals surface area contributed by atoms with E-state index in [4.69, 9.17) is 21.9 Å². The standard InChI is InChI=1S/C17H13ClF3N5O2/c18-8-2-1-3-9(19)13(8)17(4-5-17)16-23-15(28-25-16)11-6-10(14(20)21)24-26(11)7-12(22)27/h1-3,6,14H,4-5,7H2,(H2,22,27). The van der Waals surface area contributed by atoms with Crippen LogP contribution in [0.2, 0.25) is 5.02 Å². The van der Waals surface area contributed by atoms with E-state index in [2.05, 4.69) is 15.2 Å². The minimum Gasteiger partial charge on any atom is -0.368 e. The number of nitrogens with zero attached hydrogens (tertiary/aromatic N) is 4. The molecule has 146 valence electrons. The highest BCUT2D eigenvalue weighted by molar-refractivity contribution is 6.31. The lowest BCUT2D eigenvalue weighted by molar-refractivity contribution is -0.118. The molecule has 1 aromatic carbocycles. The van der Waals surface area contributed by atoms with Crippen LogP contribution in [0.25, 0.3) is 11.6 Å². The van der Waals surface area contributed by atoms with Gasteiger partial charge in [0.1, 0.15) is 23.7 Å². The van der Waals surface area contributed by atoms with Crippen molar-refractivity contribution in [1.29, 1.82) is 0 Å². The number of rotatable bonds is 6. The van der Waals surface area contributed by atoms with Crippen molar-refractivity contribution in [3.63, 3.8) is 0 Å². The number of carbonyl (C=O) groups excluding carboxylic acids is 1. The summed E-state index contributed by atoms with van der Waals surface area (Å²) in [4.78, 5) is 15.5. The van der Waals surface area contributed by atoms with Crippen LogP contribution >= 0.6 is 11.6 Å². The Hall–Kier alpha value is -2.88. The zero-order chi connectivity index (χ0) is 20.1. The molecule has 0 aliphatic heterocycles. The molecule has 2 N–H and O–H groups in total. The second-order valence-corrected chi connectivity index (χ2v) is 6.89. The molecule has 0 radical (unpaired) electrons. The highest BCUT2D eigenvalue weighted by atomic mass is 35.5. The van der Waals surface area contributed by atoms with Crippen molar-refractivity contribution < 1.29 is 22.5 Å². The normalized spacial score (nSPS) is 15.2. The van der Waals surface area contributed by atoms with Crippen molar-refractivity contribution in [1.82, 2.24) is 19.9 Å². The van der Waals surface area contributed by atoms with Gasteiger partial charge in [-0.3, -0.25) is 4.79 Å². The molecule has 0 bridgehead atoms. The maximum Gasteiger partial charge on any atom is 0.282 e. The summed E-state index contributed by atoms with van der Waals surface area (Å²) in [6.45, 7) is -0.440. The summed E-state index contributed by atoms with van der Waals surface area (Å²) in [6, 6.07) is 5.39. The maximum atomic E-state index is 14.4. The van der Waals surface area contributed by atoms with Gasteiger partial charge in [-0.05, 0) is 31.0 Å². The van der Waals surface area contributed by atoms with E-state index < -0.39 is 35.8 Å². The SMILES string of the molecule is NC(=O)Cn1nc(C(F)F)cc1-c1nc(C2(c3c(F)cccc3Cl)CC2)no1. The van der Waals surface area contributed by atoms with Crippen molar-refractivity contribution in [2.24, 2.45) is 5.73 Å². The highest BCUT2D eigenvalue weighted by Crippen LogP contribution is 2.55. The Kier molecular flexibility index (Phi) is 4.37. The molecule has 0 unspecified atom stereocenters. The number of nitrogens with two attached hydrogens (primary N) is 1. The number of hydrogen-bond donors (Lipinski definition) is 1. The van der Waals surface area contributed by atoms with Crippen molar-refractivity contribution >= 4 is 17.5 Å². The van der Waals surface area contributed by atoms with Gasteiger partial charge in [-0.1, -0.05) is 22.8 Å². The van der Waals surface area contributed by atoms with Gasteiger partial charge in [0.25, 0.3) is 12.3 Å². The molecule has 28 heavy (non-hydrogen) atoms. The van der Waals surface area contributed by atoms with Crippen LogP contribution in [-0.2, 0) is 16.8 Å². The molecule has 1 aliphatic rings. The monoisotopic (exact) mass is 411 g/mol. The summed E-state index contributed by atoms with van der Waals surface area (Å²) in [7, 11) is 0. The summed E-state index contributed by atoms with van der Waals surface area (Å²) in [5.74, 6) is -1.22. The molecule has 11 heteroatoms. The van der Waals surface area contributed by atoms with Gasteiger partial charge in [0.05, 0.1) is 5.41 Å². The number of halogens is 4. The first-order valence-corrected chi connectivity index (χ1v) is 8.63. The molecule has 7 nitrogen and oxygen atoms in total. The fourth-order valence-electron chi connectivity index (χ4n) is 3.17. The van der Waals surface area contributed by atoms with E-state index in [-0.39, 0.29) is 28.0 Å².